The van der Waals surface area contributed by atoms with Crippen LogP contribution in [0.2, 0.25) is 0 Å². The number of benzene rings is 1. The third-order valence-electron chi connectivity index (χ3n) is 6.36. The number of nitrogens with one attached hydrogen (secondary N) is 2. The lowest BCUT2D eigenvalue weighted by atomic mass is 10.00. The molecule has 30 heavy (non-hydrogen) atoms. The Morgan fingerprint density at radius 2 is 1.97 bits per heavy atom. The summed E-state index contributed by atoms with van der Waals surface area (Å²) in [6.07, 6.45) is 2.82. The summed E-state index contributed by atoms with van der Waals surface area (Å²) < 4.78 is 5.10. The number of piperidine rings is 2. The summed E-state index contributed by atoms with van der Waals surface area (Å²) in [4.78, 5) is 40.9. The quantitative estimate of drug-likeness (QED) is 0.503. The molecule has 3 heterocycles. The molecule has 1 atom stereocenters. The van der Waals surface area contributed by atoms with Gasteiger partial charge < -0.3 is 15.0 Å². The van der Waals surface area contributed by atoms with Crippen LogP contribution < -0.4 is 10.6 Å². The lowest BCUT2D eigenvalue weighted by molar-refractivity contribution is -0.136. The highest BCUT2D eigenvalue weighted by Crippen LogP contribution is 2.30. The Hall–Kier alpha value is -2.29. The van der Waals surface area contributed by atoms with Gasteiger partial charge in [0.15, 0.2) is 0 Å². The number of hydrogen-bond acceptors (Lipinski definition) is 6. The van der Waals surface area contributed by atoms with Gasteiger partial charge in [-0.2, -0.15) is 0 Å². The first-order valence-corrected chi connectivity index (χ1v) is 10.8. The van der Waals surface area contributed by atoms with Crippen molar-refractivity contribution in [3.8, 4) is 0 Å². The third-order valence-corrected chi connectivity index (χ3v) is 6.36. The summed E-state index contributed by atoms with van der Waals surface area (Å²) >= 11 is 0. The molecule has 162 valence electrons. The third kappa shape index (κ3) is 4.40. The van der Waals surface area contributed by atoms with Crippen LogP contribution in [0.1, 0.15) is 47.2 Å². The van der Waals surface area contributed by atoms with E-state index in [1.807, 2.05) is 18.2 Å². The van der Waals surface area contributed by atoms with Crippen molar-refractivity contribution in [2.45, 2.75) is 50.9 Å². The first kappa shape index (κ1) is 21.0. The molecule has 2 saturated heterocycles. The molecule has 8 heteroatoms. The molecule has 3 amide bonds. The van der Waals surface area contributed by atoms with Gasteiger partial charge in [-0.25, -0.2) is 0 Å². The predicted molar refractivity (Wildman–Crippen MR) is 111 cm³/mol. The molecule has 0 aliphatic carbocycles. The average molecular weight is 415 g/mol. The van der Waals surface area contributed by atoms with Gasteiger partial charge >= 0.3 is 0 Å². The highest BCUT2D eigenvalue weighted by atomic mass is 16.5. The topological polar surface area (TPSA) is 91.0 Å². The van der Waals surface area contributed by atoms with E-state index < -0.39 is 6.04 Å². The molecule has 8 nitrogen and oxygen atoms in total. The first-order valence-electron chi connectivity index (χ1n) is 10.8. The number of nitrogens with zero attached hydrogens (tertiary/aromatic N) is 2. The van der Waals surface area contributed by atoms with Gasteiger partial charge in [-0.05, 0) is 43.5 Å². The van der Waals surface area contributed by atoms with Crippen LogP contribution in [0.25, 0.3) is 0 Å². The van der Waals surface area contributed by atoms with Crippen molar-refractivity contribution in [2.24, 2.45) is 0 Å². The Kier molecular flexibility index (Phi) is 6.46. The highest BCUT2D eigenvalue weighted by Gasteiger charge is 2.40. The monoisotopic (exact) mass is 414 g/mol. The molecule has 0 spiro atoms. The van der Waals surface area contributed by atoms with Crippen molar-refractivity contribution in [1.82, 2.24) is 20.4 Å². The van der Waals surface area contributed by atoms with Crippen molar-refractivity contribution in [3.63, 3.8) is 0 Å². The fourth-order valence-corrected chi connectivity index (χ4v) is 4.72. The number of amides is 3. The summed E-state index contributed by atoms with van der Waals surface area (Å²) in [6.45, 7) is 4.74. The van der Waals surface area contributed by atoms with Crippen LogP contribution in [-0.2, 0) is 27.4 Å². The number of imide groups is 1. The fourth-order valence-electron chi connectivity index (χ4n) is 4.72. The van der Waals surface area contributed by atoms with Gasteiger partial charge in [0.05, 0.1) is 6.61 Å². The predicted octanol–water partition coefficient (Wildman–Crippen LogP) is 0.648. The van der Waals surface area contributed by atoms with E-state index in [-0.39, 0.29) is 24.1 Å². The van der Waals surface area contributed by atoms with E-state index in [4.69, 9.17) is 4.74 Å². The van der Waals surface area contributed by atoms with Crippen LogP contribution in [-0.4, -0.2) is 73.0 Å². The van der Waals surface area contributed by atoms with Crippen LogP contribution in [0.3, 0.4) is 0 Å². The van der Waals surface area contributed by atoms with Crippen LogP contribution in [0, 0.1) is 0 Å². The standard InChI is InChI=1S/C22H30N4O4/c1-30-12-9-23-17-7-10-25(11-8-17)13-15-3-2-4-16-14-26(22(29)20(15)16)18-5-6-19(27)24-21(18)28/h2-4,17-18,23H,5-14H2,1H3,(H,24,27,28). The zero-order valence-corrected chi connectivity index (χ0v) is 17.5. The minimum atomic E-state index is -0.565. The summed E-state index contributed by atoms with van der Waals surface area (Å²) in [5.41, 5.74) is 2.74. The molecule has 2 fully saturated rings. The van der Waals surface area contributed by atoms with E-state index in [9.17, 15) is 14.4 Å². The molecular formula is C22H30N4O4. The second kappa shape index (κ2) is 9.24. The molecule has 0 saturated carbocycles. The van der Waals surface area contributed by atoms with Gasteiger partial charge in [-0.3, -0.25) is 24.6 Å². The van der Waals surface area contributed by atoms with E-state index >= 15 is 0 Å². The molecule has 0 radical (unpaired) electrons. The van der Waals surface area contributed by atoms with Gasteiger partial charge in [0.2, 0.25) is 11.8 Å². The van der Waals surface area contributed by atoms with Crippen LogP contribution >= 0.6 is 0 Å². The van der Waals surface area contributed by atoms with Gasteiger partial charge in [-0.1, -0.05) is 18.2 Å². The average Bonchev–Trinajstić information content (AvgIpc) is 3.07. The van der Waals surface area contributed by atoms with Crippen LogP contribution in [0.4, 0.5) is 0 Å². The summed E-state index contributed by atoms with van der Waals surface area (Å²) in [6, 6.07) is 5.93. The van der Waals surface area contributed by atoms with Crippen molar-refractivity contribution < 1.29 is 19.1 Å². The van der Waals surface area contributed by atoms with E-state index in [0.29, 0.717) is 19.0 Å². The maximum absolute atomic E-state index is 13.2. The van der Waals surface area contributed by atoms with Crippen LogP contribution in [0.15, 0.2) is 18.2 Å². The number of ether oxygens (including phenoxy) is 1. The minimum Gasteiger partial charge on any atom is -0.383 e. The summed E-state index contributed by atoms with van der Waals surface area (Å²) in [7, 11) is 1.71. The van der Waals surface area contributed by atoms with Crippen molar-refractivity contribution in [3.05, 3.63) is 34.9 Å². The molecule has 3 aliphatic rings. The number of rotatable bonds is 7. The Balaban J connectivity index is 1.39. The SMILES string of the molecule is COCCNC1CCN(Cc2cccc3c2C(=O)N(C2CCC(=O)NC2=O)C3)CC1. The molecule has 4 rings (SSSR count). The number of carbonyl (C=O) groups excluding carboxylic acids is 3. The normalized spacial score (nSPS) is 23.0. The smallest absolute Gasteiger partial charge is 0.255 e. The fraction of sp³-hybridized carbons (Fsp3) is 0.591. The van der Waals surface area contributed by atoms with Crippen LogP contribution in [0.5, 0.6) is 0 Å². The maximum atomic E-state index is 13.2. The van der Waals surface area contributed by atoms with Gasteiger partial charge in [-0.15, -0.1) is 0 Å². The van der Waals surface area contributed by atoms with Gasteiger partial charge in [0.25, 0.3) is 5.91 Å². The van der Waals surface area contributed by atoms with Gasteiger partial charge in [0.1, 0.15) is 6.04 Å². The second-order valence-corrected chi connectivity index (χ2v) is 8.35. The van der Waals surface area contributed by atoms with Gasteiger partial charge in [0, 0.05) is 44.8 Å². The van der Waals surface area contributed by atoms with E-state index in [1.165, 1.54) is 0 Å². The molecule has 0 aromatic heterocycles. The Labute approximate surface area is 176 Å². The van der Waals surface area contributed by atoms with Crippen molar-refractivity contribution >= 4 is 17.7 Å². The zero-order chi connectivity index (χ0) is 21.1. The van der Waals surface area contributed by atoms with Crippen molar-refractivity contribution in [1.29, 1.82) is 0 Å². The largest absolute Gasteiger partial charge is 0.383 e. The number of likely N-dealkylation sites (tertiary alicyclic amines) is 1. The summed E-state index contributed by atoms with van der Waals surface area (Å²) in [5, 5.41) is 5.89. The Bertz CT molecular complexity index is 819. The molecule has 1 unspecified atom stereocenters. The lowest BCUT2D eigenvalue weighted by Crippen LogP contribution is -2.52. The highest BCUT2D eigenvalue weighted by molar-refractivity contribution is 6.05. The van der Waals surface area contributed by atoms with Crippen molar-refractivity contribution in [2.75, 3.05) is 33.4 Å². The number of methoxy groups -OCH3 is 1. The summed E-state index contributed by atoms with van der Waals surface area (Å²) in [5.74, 6) is -0.718. The Morgan fingerprint density at radius 1 is 1.17 bits per heavy atom. The first-order chi connectivity index (χ1) is 14.6. The molecule has 1 aromatic rings. The van der Waals surface area contributed by atoms with E-state index in [0.717, 1.165) is 62.3 Å². The molecular weight excluding hydrogens is 384 g/mol. The molecule has 0 bridgehead atoms. The second-order valence-electron chi connectivity index (χ2n) is 8.35. The number of fused-ring (bicyclic) bond motifs is 1. The molecule has 1 aromatic carbocycles. The lowest BCUT2D eigenvalue weighted by Gasteiger charge is -2.33. The van der Waals surface area contributed by atoms with E-state index in [1.54, 1.807) is 12.0 Å². The molecule has 3 aliphatic heterocycles. The van der Waals surface area contributed by atoms with E-state index in [2.05, 4.69) is 15.5 Å². The minimum absolute atomic E-state index is 0.0915. The maximum Gasteiger partial charge on any atom is 0.255 e. The number of hydrogen-bond donors (Lipinski definition) is 2. The Morgan fingerprint density at radius 3 is 2.70 bits per heavy atom. The zero-order valence-electron chi connectivity index (χ0n) is 17.5. The number of carbonyl (C=O) groups is 3. The molecule has 2 N–H and O–H groups in total.